The summed E-state index contributed by atoms with van der Waals surface area (Å²) >= 11 is 4.67. The van der Waals surface area contributed by atoms with E-state index in [-0.39, 0.29) is 5.78 Å². The molecule has 2 aromatic carbocycles. The van der Waals surface area contributed by atoms with Crippen molar-refractivity contribution in [2.45, 2.75) is 47.0 Å². The third-order valence-electron chi connectivity index (χ3n) is 5.41. The van der Waals surface area contributed by atoms with Crippen molar-refractivity contribution in [3.05, 3.63) is 54.4 Å². The van der Waals surface area contributed by atoms with E-state index < -0.39 is 0 Å². The average Bonchev–Trinajstić information content (AvgIpc) is 3.14. The van der Waals surface area contributed by atoms with Gasteiger partial charge in [-0.2, -0.15) is 0 Å². The van der Waals surface area contributed by atoms with Crippen molar-refractivity contribution in [2.75, 3.05) is 24.6 Å². The number of benzene rings is 2. The lowest BCUT2D eigenvalue weighted by molar-refractivity contribution is 0.103. The second-order valence-corrected chi connectivity index (χ2v) is 9.57. The number of nitrogens with zero attached hydrogens (tertiary/aromatic N) is 1. The molecule has 3 rings (SSSR count). The summed E-state index contributed by atoms with van der Waals surface area (Å²) < 4.78 is 14.2. The van der Waals surface area contributed by atoms with Crippen molar-refractivity contribution < 1.29 is 13.9 Å². The van der Waals surface area contributed by atoms with Crippen LogP contribution >= 0.6 is 45.2 Å². The average molecular weight is 645 g/mol. The number of aryl methyl sites for hydroxylation is 1. The van der Waals surface area contributed by atoms with Gasteiger partial charge in [-0.1, -0.05) is 31.5 Å². The van der Waals surface area contributed by atoms with Gasteiger partial charge in [0.2, 0.25) is 5.78 Å². The first-order valence-corrected chi connectivity index (χ1v) is 13.1. The van der Waals surface area contributed by atoms with Crippen molar-refractivity contribution in [3.8, 4) is 5.75 Å². The largest absolute Gasteiger partial charge is 0.492 e. The van der Waals surface area contributed by atoms with Gasteiger partial charge in [-0.15, -0.1) is 0 Å². The minimum atomic E-state index is -0.0265. The van der Waals surface area contributed by atoms with Crippen molar-refractivity contribution >= 4 is 67.6 Å². The molecule has 0 N–H and O–H groups in total. The summed E-state index contributed by atoms with van der Waals surface area (Å²) in [5, 5.41) is 0.874. The molecule has 0 saturated heterocycles. The minimum Gasteiger partial charge on any atom is -0.492 e. The molecule has 1 heterocycles. The number of fused-ring (bicyclic) bond motifs is 1. The van der Waals surface area contributed by atoms with Crippen molar-refractivity contribution in [1.29, 1.82) is 0 Å². The number of carbonyl (C=O) groups excluding carboxylic acids is 1. The number of halogens is 2. The lowest BCUT2D eigenvalue weighted by Gasteiger charge is -2.26. The topological polar surface area (TPSA) is 42.7 Å². The van der Waals surface area contributed by atoms with E-state index in [1.165, 1.54) is 0 Å². The number of hydrogen-bond donors (Lipinski definition) is 0. The Balaban J connectivity index is 2.22. The van der Waals surface area contributed by atoms with Gasteiger partial charge >= 0.3 is 0 Å². The lowest BCUT2D eigenvalue weighted by Crippen LogP contribution is -2.24. The van der Waals surface area contributed by atoms with Crippen molar-refractivity contribution in [2.24, 2.45) is 0 Å². The zero-order chi connectivity index (χ0) is 22.5. The molecule has 0 spiro atoms. The van der Waals surface area contributed by atoms with Crippen LogP contribution < -0.4 is 9.64 Å². The van der Waals surface area contributed by atoms with E-state index in [1.807, 2.05) is 37.3 Å². The van der Waals surface area contributed by atoms with Crippen LogP contribution in [0.15, 0.2) is 34.7 Å². The van der Waals surface area contributed by atoms with Gasteiger partial charge in [0.1, 0.15) is 17.1 Å². The number of ketones is 1. The molecule has 31 heavy (non-hydrogen) atoms. The van der Waals surface area contributed by atoms with Gasteiger partial charge in [-0.05, 0) is 84.5 Å². The Morgan fingerprint density at radius 2 is 1.81 bits per heavy atom. The van der Waals surface area contributed by atoms with Gasteiger partial charge in [-0.25, -0.2) is 0 Å². The van der Waals surface area contributed by atoms with Crippen molar-refractivity contribution in [1.82, 2.24) is 0 Å². The third-order valence-corrected chi connectivity index (χ3v) is 7.24. The lowest BCUT2D eigenvalue weighted by atomic mass is 9.97. The molecule has 4 nitrogen and oxygen atoms in total. The maximum absolute atomic E-state index is 14.0. The Kier molecular flexibility index (Phi) is 8.66. The van der Waals surface area contributed by atoms with Gasteiger partial charge in [-0.3, -0.25) is 4.79 Å². The standard InChI is InChI=1S/C25H29I2NO3/c1-5-9-13-20-21(16-12-10-11-14-19(16)31-20)24(29)17-15-18(26)23(28(6-2)7-3)22(27)25(17)30-8-4/h10-12,14-15H,5-9,13H2,1-4H3. The summed E-state index contributed by atoms with van der Waals surface area (Å²) in [4.78, 5) is 16.3. The highest BCUT2D eigenvalue weighted by atomic mass is 127. The van der Waals surface area contributed by atoms with E-state index in [0.29, 0.717) is 23.5 Å². The van der Waals surface area contributed by atoms with Crippen LogP contribution in [0.2, 0.25) is 0 Å². The van der Waals surface area contributed by atoms with E-state index >= 15 is 0 Å². The van der Waals surface area contributed by atoms with Gasteiger partial charge in [0, 0.05) is 28.5 Å². The molecule has 0 fully saturated rings. The molecule has 3 aromatic rings. The molecule has 0 unspecified atom stereocenters. The number of ether oxygens (including phenoxy) is 1. The van der Waals surface area contributed by atoms with E-state index in [0.717, 1.165) is 61.9 Å². The Labute approximate surface area is 212 Å². The van der Waals surface area contributed by atoms with Gasteiger partial charge in [0.15, 0.2) is 0 Å². The Morgan fingerprint density at radius 3 is 2.45 bits per heavy atom. The molecule has 0 aliphatic carbocycles. The minimum absolute atomic E-state index is 0.0265. The third kappa shape index (κ3) is 4.89. The van der Waals surface area contributed by atoms with Crippen molar-refractivity contribution in [3.63, 3.8) is 0 Å². The molecule has 0 amide bonds. The number of carbonyl (C=O) groups is 1. The zero-order valence-electron chi connectivity index (χ0n) is 18.6. The number of anilines is 1. The number of rotatable bonds is 10. The van der Waals surface area contributed by atoms with Crippen LogP contribution in [-0.2, 0) is 6.42 Å². The van der Waals surface area contributed by atoms with Crippen LogP contribution in [0, 0.1) is 7.14 Å². The van der Waals surface area contributed by atoms with Gasteiger partial charge in [0.05, 0.1) is 27.0 Å². The first-order chi connectivity index (χ1) is 15.0. The number of hydrogen-bond acceptors (Lipinski definition) is 4. The SMILES string of the molecule is CCCCc1oc2ccccc2c1C(=O)c1cc(I)c(N(CC)CC)c(I)c1OCC. The molecule has 0 aliphatic rings. The highest BCUT2D eigenvalue weighted by molar-refractivity contribution is 14.1. The van der Waals surface area contributed by atoms with E-state index in [1.54, 1.807) is 0 Å². The fourth-order valence-electron chi connectivity index (χ4n) is 3.87. The Hall–Kier alpha value is -1.29. The molecule has 0 aliphatic heterocycles. The van der Waals surface area contributed by atoms with Gasteiger partial charge in [0.25, 0.3) is 0 Å². The summed E-state index contributed by atoms with van der Waals surface area (Å²) in [6.07, 6.45) is 2.78. The fraction of sp³-hybridized carbons (Fsp3) is 0.400. The summed E-state index contributed by atoms with van der Waals surface area (Å²) in [5.74, 6) is 1.41. The molecular formula is C25H29I2NO3. The molecule has 1 aromatic heterocycles. The van der Waals surface area contributed by atoms with Crippen LogP contribution in [0.5, 0.6) is 5.75 Å². The molecule has 166 valence electrons. The molecular weight excluding hydrogens is 616 g/mol. The maximum atomic E-state index is 14.0. The summed E-state index contributed by atoms with van der Waals surface area (Å²) in [6, 6.07) is 9.79. The van der Waals surface area contributed by atoms with E-state index in [2.05, 4.69) is 70.9 Å². The molecule has 0 bridgehead atoms. The second-order valence-electron chi connectivity index (χ2n) is 7.33. The number of furan rings is 1. The maximum Gasteiger partial charge on any atom is 0.200 e. The zero-order valence-corrected chi connectivity index (χ0v) is 22.9. The van der Waals surface area contributed by atoms with E-state index in [4.69, 9.17) is 9.15 Å². The second kappa shape index (κ2) is 11.0. The first-order valence-electron chi connectivity index (χ1n) is 10.9. The Bertz CT molecular complexity index is 1070. The quantitative estimate of drug-likeness (QED) is 0.170. The smallest absolute Gasteiger partial charge is 0.200 e. The summed E-state index contributed by atoms with van der Waals surface area (Å²) in [6.45, 7) is 10.7. The van der Waals surface area contributed by atoms with Gasteiger partial charge < -0.3 is 14.1 Å². The molecule has 0 atom stereocenters. The summed E-state index contributed by atoms with van der Waals surface area (Å²) in [7, 11) is 0. The fourth-order valence-corrected chi connectivity index (χ4v) is 6.38. The highest BCUT2D eigenvalue weighted by Crippen LogP contribution is 2.40. The Morgan fingerprint density at radius 1 is 1.10 bits per heavy atom. The van der Waals surface area contributed by atoms with E-state index in [9.17, 15) is 4.79 Å². The molecule has 0 saturated carbocycles. The van der Waals surface area contributed by atoms with Crippen LogP contribution in [0.3, 0.4) is 0 Å². The number of para-hydroxylation sites is 1. The normalized spacial score (nSPS) is 11.2. The number of unbranched alkanes of at least 4 members (excludes halogenated alkanes) is 1. The monoisotopic (exact) mass is 645 g/mol. The van der Waals surface area contributed by atoms with Crippen LogP contribution in [0.1, 0.15) is 62.2 Å². The first kappa shape index (κ1) is 24.4. The molecule has 0 radical (unpaired) electrons. The predicted octanol–water partition coefficient (Wildman–Crippen LogP) is 7.46. The molecule has 6 heteroatoms. The van der Waals surface area contributed by atoms with Crippen LogP contribution in [0.4, 0.5) is 5.69 Å². The van der Waals surface area contributed by atoms with Crippen LogP contribution in [-0.4, -0.2) is 25.5 Å². The summed E-state index contributed by atoms with van der Waals surface area (Å²) in [5.41, 5.74) is 3.18. The highest BCUT2D eigenvalue weighted by Gasteiger charge is 2.28. The predicted molar refractivity (Wildman–Crippen MR) is 145 cm³/mol. The van der Waals surface area contributed by atoms with Crippen LogP contribution in [0.25, 0.3) is 11.0 Å².